The molecule has 2 amide bonds. The molecule has 0 unspecified atom stereocenters. The number of aliphatic carboxylic acids is 2. The van der Waals surface area contributed by atoms with E-state index < -0.39 is 49.3 Å². The molecule has 0 bridgehead atoms. The summed E-state index contributed by atoms with van der Waals surface area (Å²) in [4.78, 5) is 49.6. The van der Waals surface area contributed by atoms with Crippen molar-refractivity contribution in [1.82, 2.24) is 20.6 Å². The van der Waals surface area contributed by atoms with Crippen LogP contribution >= 0.6 is 7.29 Å². The molecule has 2 aromatic rings. The maximum Gasteiger partial charge on any atom is 0.326 e. The van der Waals surface area contributed by atoms with Gasteiger partial charge in [0.1, 0.15) is 18.1 Å². The molecule has 0 spiro atoms. The predicted octanol–water partition coefficient (Wildman–Crippen LogP) is 2.52. The van der Waals surface area contributed by atoms with Crippen LogP contribution in [0.25, 0.3) is 0 Å². The minimum Gasteiger partial charge on any atom is -0.480 e. The quantitative estimate of drug-likeness (QED) is 0.0552. The number of carbonyl (C=O) groups is 4. The normalized spacial score (nSPS) is 16.2. The van der Waals surface area contributed by atoms with E-state index in [9.17, 15) is 28.8 Å². The van der Waals surface area contributed by atoms with Crippen molar-refractivity contribution < 1.29 is 34.0 Å². The first-order valence-electron chi connectivity index (χ1n) is 16.0. The van der Waals surface area contributed by atoms with Gasteiger partial charge in [0.25, 0.3) is 0 Å². The first-order valence-corrected chi connectivity index (χ1v) is 18.0. The van der Waals surface area contributed by atoms with Crippen LogP contribution < -0.4 is 27.2 Å². The molecule has 4 atom stereocenters. The van der Waals surface area contributed by atoms with Gasteiger partial charge in [-0.15, -0.1) is 0 Å². The number of carbonyl (C=O) groups excluding carboxylic acids is 2. The number of nitrogens with two attached hydrogens (primary N) is 2. The van der Waals surface area contributed by atoms with Gasteiger partial charge in [-0.3, -0.25) is 24.9 Å². The van der Waals surface area contributed by atoms with E-state index in [4.69, 9.17) is 22.0 Å². The van der Waals surface area contributed by atoms with E-state index in [1.807, 2.05) is 60.7 Å². The van der Waals surface area contributed by atoms with Crippen LogP contribution in [0, 0.1) is 11.3 Å². The van der Waals surface area contributed by atoms with Crippen molar-refractivity contribution in [2.75, 3.05) is 13.1 Å². The highest BCUT2D eigenvalue weighted by atomic mass is 31.2. The highest BCUT2D eigenvalue weighted by Gasteiger charge is 2.39. The van der Waals surface area contributed by atoms with Gasteiger partial charge in [0.15, 0.2) is 13.3 Å². The molecule has 14 nitrogen and oxygen atoms in total. The molecule has 1 saturated heterocycles. The number of likely N-dealkylation sites (tertiary alicyclic amines) is 1. The molecule has 2 aromatic carbocycles. The van der Waals surface area contributed by atoms with Gasteiger partial charge >= 0.3 is 11.9 Å². The number of benzene rings is 2. The number of nitrogens with zero attached hydrogens (tertiary/aromatic N) is 1. The lowest BCUT2D eigenvalue weighted by atomic mass is 10.0. The lowest BCUT2D eigenvalue weighted by molar-refractivity contribution is -0.145. The summed E-state index contributed by atoms with van der Waals surface area (Å²) >= 11 is 0. The van der Waals surface area contributed by atoms with E-state index >= 15 is 0 Å². The molecule has 15 heteroatoms. The number of hydrogen-bond acceptors (Lipinski definition) is 7. The second-order valence-electron chi connectivity index (χ2n) is 12.2. The fourth-order valence-corrected chi connectivity index (χ4v) is 8.01. The Hall–Kier alpha value is -4.26. The molecule has 0 saturated carbocycles. The fourth-order valence-electron chi connectivity index (χ4n) is 5.30. The zero-order valence-electron chi connectivity index (χ0n) is 27.8. The second-order valence-corrected chi connectivity index (χ2v) is 14.9. The summed E-state index contributed by atoms with van der Waals surface area (Å²) in [5.74, 6) is -3.29. The third-order valence-electron chi connectivity index (χ3n) is 7.75. The highest BCUT2D eigenvalue weighted by molar-refractivity contribution is 7.60. The maximum absolute atomic E-state index is 14.2. The zero-order chi connectivity index (χ0) is 35.9. The van der Waals surface area contributed by atoms with Crippen molar-refractivity contribution in [2.45, 2.75) is 82.9 Å². The Labute approximate surface area is 282 Å². The van der Waals surface area contributed by atoms with Crippen molar-refractivity contribution in [3.05, 3.63) is 71.8 Å². The Morgan fingerprint density at radius 1 is 0.958 bits per heavy atom. The van der Waals surface area contributed by atoms with Crippen molar-refractivity contribution >= 4 is 37.0 Å². The van der Waals surface area contributed by atoms with E-state index in [1.54, 1.807) is 20.8 Å². The first-order chi connectivity index (χ1) is 22.6. The van der Waals surface area contributed by atoms with Gasteiger partial charge in [0.05, 0.1) is 6.04 Å². The molecule has 1 aliphatic heterocycles. The first kappa shape index (κ1) is 39.9. The van der Waals surface area contributed by atoms with Gasteiger partial charge in [-0.05, 0) is 49.7 Å². The Kier molecular flexibility index (Phi) is 16.2. The van der Waals surface area contributed by atoms with Crippen molar-refractivity contribution in [3.8, 4) is 0 Å². The molecular weight excluding hydrogens is 637 g/mol. The summed E-state index contributed by atoms with van der Waals surface area (Å²) in [6.07, 6.45) is 2.66. The molecular formula is C33H50N7O7P. The van der Waals surface area contributed by atoms with Gasteiger partial charge in [-0.1, -0.05) is 74.5 Å². The van der Waals surface area contributed by atoms with Crippen molar-refractivity contribution in [2.24, 2.45) is 17.4 Å². The summed E-state index contributed by atoms with van der Waals surface area (Å²) in [6, 6.07) is 15.7. The number of carboxylic acid groups (broad SMARTS) is 2. The molecule has 1 fully saturated rings. The van der Waals surface area contributed by atoms with Gasteiger partial charge in [-0.25, -0.2) is 4.79 Å². The van der Waals surface area contributed by atoms with Crippen LogP contribution in [0.4, 0.5) is 0 Å². The fraction of sp³-hybridized carbons (Fsp3) is 0.485. The number of amides is 2. The molecule has 0 aliphatic carbocycles. The Morgan fingerprint density at radius 3 is 1.96 bits per heavy atom. The number of carboxylic acids is 2. The summed E-state index contributed by atoms with van der Waals surface area (Å²) < 4.78 is 14.2. The monoisotopic (exact) mass is 687 g/mol. The third kappa shape index (κ3) is 13.5. The number of rotatable bonds is 16. The second kappa shape index (κ2) is 19.5. The summed E-state index contributed by atoms with van der Waals surface area (Å²) in [5, 5.41) is 32.9. The Morgan fingerprint density at radius 2 is 1.50 bits per heavy atom. The van der Waals surface area contributed by atoms with Gasteiger partial charge < -0.3 is 41.8 Å². The van der Waals surface area contributed by atoms with E-state index in [0.717, 1.165) is 11.1 Å². The standard InChI is InChI=1S/C27H36N3O5P.C6H14N4O2/c1-19(2)24(27(33)34)28-25(31)23-15-10-16-30(23)26(32)20(3)29-36(35,17-21-11-6-4-7-12-21)18-22-13-8-5-9-14-22;7-4(5(11)12)2-1-3-10-6(8)9/h4-9,11-14,19-20,23-24H,10,15-18H2,1-3H3,(H,28,31)(H,29,35)(H,33,34);4H,1-3,7H2,(H,11,12)(H4,8,9,10)/t20-,23-,24-;4-/m00/s1. The minimum absolute atomic E-state index is 0.112. The van der Waals surface area contributed by atoms with E-state index in [0.29, 0.717) is 51.1 Å². The molecule has 0 radical (unpaired) electrons. The van der Waals surface area contributed by atoms with Gasteiger partial charge in [0.2, 0.25) is 11.8 Å². The van der Waals surface area contributed by atoms with Crippen LogP contribution in [0.3, 0.4) is 0 Å². The summed E-state index contributed by atoms with van der Waals surface area (Å²) in [5.41, 5.74) is 12.0. The average molecular weight is 688 g/mol. The SMILES string of the molecule is CC(C)[C@H](NC(=O)[C@@H]1CCCN1C(=O)[C@H](C)NP(=O)(Cc1ccccc1)Cc1ccccc1)C(=O)O.N=C(N)NCCC[C@H](N)C(=O)O. The summed E-state index contributed by atoms with van der Waals surface area (Å²) in [6.45, 7) is 5.99. The molecule has 264 valence electrons. The van der Waals surface area contributed by atoms with E-state index in [-0.39, 0.29) is 17.8 Å². The molecule has 1 heterocycles. The number of guanidine groups is 1. The maximum atomic E-state index is 14.2. The Balaban J connectivity index is 0.000000567. The lowest BCUT2D eigenvalue weighted by Crippen LogP contribution is -2.54. The zero-order valence-corrected chi connectivity index (χ0v) is 28.7. The van der Waals surface area contributed by atoms with Crippen molar-refractivity contribution in [1.29, 1.82) is 5.41 Å². The Bertz CT molecular complexity index is 1370. The largest absolute Gasteiger partial charge is 0.480 e. The van der Waals surface area contributed by atoms with Crippen LogP contribution in [0.2, 0.25) is 0 Å². The number of hydrogen-bond donors (Lipinski definition) is 8. The molecule has 3 rings (SSSR count). The van der Waals surface area contributed by atoms with Crippen LogP contribution in [0.1, 0.15) is 57.6 Å². The smallest absolute Gasteiger partial charge is 0.326 e. The number of nitrogens with one attached hydrogen (secondary N) is 4. The molecule has 0 aromatic heterocycles. The van der Waals surface area contributed by atoms with Crippen LogP contribution in [0.5, 0.6) is 0 Å². The lowest BCUT2D eigenvalue weighted by Gasteiger charge is -2.30. The van der Waals surface area contributed by atoms with Crippen molar-refractivity contribution in [3.63, 3.8) is 0 Å². The minimum atomic E-state index is -3.08. The molecule has 10 N–H and O–H groups in total. The summed E-state index contributed by atoms with van der Waals surface area (Å²) in [7, 11) is -3.08. The van der Waals surface area contributed by atoms with Crippen LogP contribution in [-0.4, -0.2) is 82.1 Å². The van der Waals surface area contributed by atoms with Crippen LogP contribution in [0.15, 0.2) is 60.7 Å². The average Bonchev–Trinajstić information content (AvgIpc) is 3.52. The molecule has 1 aliphatic rings. The molecule has 48 heavy (non-hydrogen) atoms. The highest BCUT2D eigenvalue weighted by Crippen LogP contribution is 2.49. The topological polar surface area (TPSA) is 241 Å². The van der Waals surface area contributed by atoms with E-state index in [2.05, 4.69) is 15.7 Å². The van der Waals surface area contributed by atoms with Crippen LogP contribution in [-0.2, 0) is 36.1 Å². The van der Waals surface area contributed by atoms with E-state index in [1.165, 1.54) is 4.90 Å². The third-order valence-corrected chi connectivity index (χ3v) is 10.4. The van der Waals surface area contributed by atoms with Gasteiger partial charge in [-0.2, -0.15) is 0 Å². The van der Waals surface area contributed by atoms with Gasteiger partial charge in [0, 0.05) is 25.4 Å². The predicted molar refractivity (Wildman–Crippen MR) is 184 cm³/mol.